The smallest absolute Gasteiger partial charge is 0.0647 e. The second kappa shape index (κ2) is 3.72. The summed E-state index contributed by atoms with van der Waals surface area (Å²) >= 11 is 0. The van der Waals surface area contributed by atoms with Crippen LogP contribution in [0.5, 0.6) is 0 Å². The molecular weight excluding hydrogens is 136 g/mol. The SMILES string of the molecule is CC(C)OC(C)C1C=CC=C1. The lowest BCUT2D eigenvalue weighted by molar-refractivity contribution is 0.00578. The molecule has 0 fully saturated rings. The van der Waals surface area contributed by atoms with E-state index < -0.39 is 0 Å². The van der Waals surface area contributed by atoms with Crippen LogP contribution in [0.4, 0.5) is 0 Å². The molecule has 0 amide bonds. The van der Waals surface area contributed by atoms with Crippen LogP contribution in [0, 0.1) is 5.92 Å². The first-order valence-electron chi connectivity index (χ1n) is 4.20. The van der Waals surface area contributed by atoms with Crippen molar-refractivity contribution in [1.82, 2.24) is 0 Å². The summed E-state index contributed by atoms with van der Waals surface area (Å²) in [6.45, 7) is 6.25. The molecular formula is C10H16O. The molecule has 0 aromatic heterocycles. The van der Waals surface area contributed by atoms with Crippen LogP contribution in [0.1, 0.15) is 20.8 Å². The summed E-state index contributed by atoms with van der Waals surface area (Å²) in [5.74, 6) is 0.484. The van der Waals surface area contributed by atoms with Gasteiger partial charge in [-0.05, 0) is 20.8 Å². The molecule has 0 aromatic rings. The molecule has 0 saturated carbocycles. The second-order valence-electron chi connectivity index (χ2n) is 3.24. The quantitative estimate of drug-likeness (QED) is 0.604. The van der Waals surface area contributed by atoms with Crippen molar-refractivity contribution in [1.29, 1.82) is 0 Å². The Balaban J connectivity index is 2.35. The third kappa shape index (κ3) is 2.51. The topological polar surface area (TPSA) is 9.23 Å². The van der Waals surface area contributed by atoms with Crippen molar-refractivity contribution < 1.29 is 4.74 Å². The molecule has 62 valence electrons. The first-order chi connectivity index (χ1) is 5.20. The van der Waals surface area contributed by atoms with Gasteiger partial charge in [0.05, 0.1) is 12.2 Å². The number of hydrogen-bond donors (Lipinski definition) is 0. The van der Waals surface area contributed by atoms with Crippen LogP contribution in [0.25, 0.3) is 0 Å². The first-order valence-corrected chi connectivity index (χ1v) is 4.20. The fraction of sp³-hybridized carbons (Fsp3) is 0.600. The van der Waals surface area contributed by atoms with Crippen LogP contribution < -0.4 is 0 Å². The van der Waals surface area contributed by atoms with Gasteiger partial charge >= 0.3 is 0 Å². The molecule has 1 nitrogen and oxygen atoms in total. The molecule has 1 aliphatic carbocycles. The molecule has 1 atom stereocenters. The zero-order valence-electron chi connectivity index (χ0n) is 7.45. The molecule has 0 aliphatic heterocycles. The van der Waals surface area contributed by atoms with Gasteiger partial charge in [-0.15, -0.1) is 0 Å². The average Bonchev–Trinajstić information content (AvgIpc) is 2.35. The van der Waals surface area contributed by atoms with Gasteiger partial charge in [0.15, 0.2) is 0 Å². The van der Waals surface area contributed by atoms with Gasteiger partial charge in [-0.1, -0.05) is 24.3 Å². The van der Waals surface area contributed by atoms with E-state index in [-0.39, 0.29) is 0 Å². The van der Waals surface area contributed by atoms with E-state index in [1.165, 1.54) is 0 Å². The van der Waals surface area contributed by atoms with Gasteiger partial charge in [0.25, 0.3) is 0 Å². The van der Waals surface area contributed by atoms with E-state index >= 15 is 0 Å². The third-order valence-electron chi connectivity index (χ3n) is 1.81. The Bertz CT molecular complexity index is 156. The Morgan fingerprint density at radius 1 is 1.09 bits per heavy atom. The summed E-state index contributed by atoms with van der Waals surface area (Å²) in [5.41, 5.74) is 0. The summed E-state index contributed by atoms with van der Waals surface area (Å²) < 4.78 is 5.63. The second-order valence-corrected chi connectivity index (χ2v) is 3.24. The molecule has 0 bridgehead atoms. The largest absolute Gasteiger partial charge is 0.375 e. The van der Waals surface area contributed by atoms with Gasteiger partial charge in [-0.25, -0.2) is 0 Å². The summed E-state index contributed by atoms with van der Waals surface area (Å²) in [6.07, 6.45) is 9.13. The normalized spacial score (nSPS) is 20.0. The Kier molecular flexibility index (Phi) is 2.89. The van der Waals surface area contributed by atoms with Crippen LogP contribution in [-0.2, 0) is 4.74 Å². The summed E-state index contributed by atoms with van der Waals surface area (Å²) in [5, 5.41) is 0. The Morgan fingerprint density at radius 2 is 1.64 bits per heavy atom. The molecule has 0 N–H and O–H groups in total. The zero-order valence-corrected chi connectivity index (χ0v) is 7.45. The van der Waals surface area contributed by atoms with Crippen molar-refractivity contribution >= 4 is 0 Å². The number of hydrogen-bond acceptors (Lipinski definition) is 1. The molecule has 0 radical (unpaired) electrons. The molecule has 1 heteroatoms. The van der Waals surface area contributed by atoms with Gasteiger partial charge < -0.3 is 4.74 Å². The predicted molar refractivity (Wildman–Crippen MR) is 47.5 cm³/mol. The number of ether oxygens (including phenoxy) is 1. The van der Waals surface area contributed by atoms with E-state index in [1.807, 2.05) is 0 Å². The van der Waals surface area contributed by atoms with Gasteiger partial charge in [0.2, 0.25) is 0 Å². The first kappa shape index (κ1) is 8.54. The zero-order chi connectivity index (χ0) is 8.27. The fourth-order valence-electron chi connectivity index (χ4n) is 1.28. The van der Waals surface area contributed by atoms with E-state index in [1.54, 1.807) is 0 Å². The third-order valence-corrected chi connectivity index (χ3v) is 1.81. The van der Waals surface area contributed by atoms with Gasteiger partial charge in [-0.3, -0.25) is 0 Å². The maximum atomic E-state index is 5.63. The van der Waals surface area contributed by atoms with Crippen LogP contribution in [0.3, 0.4) is 0 Å². The lowest BCUT2D eigenvalue weighted by Gasteiger charge is -2.19. The minimum Gasteiger partial charge on any atom is -0.375 e. The molecule has 1 unspecified atom stereocenters. The van der Waals surface area contributed by atoms with E-state index in [2.05, 4.69) is 45.1 Å². The van der Waals surface area contributed by atoms with Crippen molar-refractivity contribution in [2.45, 2.75) is 33.0 Å². The summed E-state index contributed by atoms with van der Waals surface area (Å²) in [6, 6.07) is 0. The van der Waals surface area contributed by atoms with Crippen LogP contribution in [-0.4, -0.2) is 12.2 Å². The lowest BCUT2D eigenvalue weighted by Crippen LogP contribution is -2.20. The van der Waals surface area contributed by atoms with E-state index in [4.69, 9.17) is 4.74 Å². The predicted octanol–water partition coefficient (Wildman–Crippen LogP) is 2.54. The highest BCUT2D eigenvalue weighted by Crippen LogP contribution is 2.17. The highest BCUT2D eigenvalue weighted by Gasteiger charge is 2.14. The standard InChI is InChI=1S/C10H16O/c1-8(2)11-9(3)10-6-4-5-7-10/h4-10H,1-3H3. The number of allylic oxidation sites excluding steroid dienone is 2. The average molecular weight is 152 g/mol. The van der Waals surface area contributed by atoms with Crippen molar-refractivity contribution in [3.63, 3.8) is 0 Å². The lowest BCUT2D eigenvalue weighted by atomic mass is 10.1. The summed E-state index contributed by atoms with van der Waals surface area (Å²) in [7, 11) is 0. The summed E-state index contributed by atoms with van der Waals surface area (Å²) in [4.78, 5) is 0. The highest BCUT2D eigenvalue weighted by molar-refractivity contribution is 5.18. The maximum absolute atomic E-state index is 5.63. The maximum Gasteiger partial charge on any atom is 0.0647 e. The van der Waals surface area contributed by atoms with E-state index in [9.17, 15) is 0 Å². The molecule has 0 saturated heterocycles. The molecule has 1 aliphatic rings. The Hall–Kier alpha value is -0.560. The van der Waals surface area contributed by atoms with Crippen LogP contribution in [0.2, 0.25) is 0 Å². The molecule has 0 spiro atoms. The van der Waals surface area contributed by atoms with E-state index in [0.29, 0.717) is 18.1 Å². The van der Waals surface area contributed by atoms with Gasteiger partial charge in [-0.2, -0.15) is 0 Å². The van der Waals surface area contributed by atoms with E-state index in [0.717, 1.165) is 0 Å². The van der Waals surface area contributed by atoms with Crippen molar-refractivity contribution in [3.8, 4) is 0 Å². The van der Waals surface area contributed by atoms with Crippen molar-refractivity contribution in [2.75, 3.05) is 0 Å². The molecule has 0 heterocycles. The van der Waals surface area contributed by atoms with Crippen LogP contribution in [0.15, 0.2) is 24.3 Å². The fourth-order valence-corrected chi connectivity index (χ4v) is 1.28. The Labute approximate surface area is 68.8 Å². The highest BCUT2D eigenvalue weighted by atomic mass is 16.5. The minimum absolute atomic E-state index is 0.310. The monoisotopic (exact) mass is 152 g/mol. The van der Waals surface area contributed by atoms with Crippen molar-refractivity contribution in [3.05, 3.63) is 24.3 Å². The Morgan fingerprint density at radius 3 is 2.09 bits per heavy atom. The minimum atomic E-state index is 0.310. The molecule has 0 aromatic carbocycles. The molecule has 1 rings (SSSR count). The van der Waals surface area contributed by atoms with Gasteiger partial charge in [0.1, 0.15) is 0 Å². The van der Waals surface area contributed by atoms with Crippen molar-refractivity contribution in [2.24, 2.45) is 5.92 Å². The van der Waals surface area contributed by atoms with Gasteiger partial charge in [0, 0.05) is 5.92 Å². The number of rotatable bonds is 3. The molecule has 11 heavy (non-hydrogen) atoms. The van der Waals surface area contributed by atoms with Crippen LogP contribution >= 0.6 is 0 Å².